The smallest absolute Gasteiger partial charge is 0.261 e. The zero-order valence-electron chi connectivity index (χ0n) is 17.2. The minimum Gasteiger partial charge on any atom is -0.461 e. The summed E-state index contributed by atoms with van der Waals surface area (Å²) in [5, 5.41) is 3.38. The Bertz CT molecular complexity index is 1340. The van der Waals surface area contributed by atoms with Crippen LogP contribution in [0.25, 0.3) is 11.0 Å². The van der Waals surface area contributed by atoms with Gasteiger partial charge in [-0.1, -0.05) is 37.3 Å². The van der Waals surface area contributed by atoms with E-state index in [1.165, 1.54) is 0 Å². The van der Waals surface area contributed by atoms with Crippen molar-refractivity contribution >= 4 is 38.3 Å². The maximum Gasteiger partial charge on any atom is 0.261 e. The summed E-state index contributed by atoms with van der Waals surface area (Å²) in [5.74, 6) is 0.135. The van der Waals surface area contributed by atoms with Crippen LogP contribution in [-0.4, -0.2) is 14.3 Å². The topological polar surface area (TPSA) is 88.4 Å². The fourth-order valence-corrected chi connectivity index (χ4v) is 4.45. The molecule has 31 heavy (non-hydrogen) atoms. The number of rotatable bonds is 6. The first-order valence-electron chi connectivity index (χ1n) is 9.88. The number of anilines is 2. The number of para-hydroxylation sites is 1. The van der Waals surface area contributed by atoms with Crippen molar-refractivity contribution in [1.82, 2.24) is 0 Å². The molecule has 0 radical (unpaired) electrons. The second-order valence-electron chi connectivity index (χ2n) is 7.17. The lowest BCUT2D eigenvalue weighted by atomic mass is 10.1. The monoisotopic (exact) mass is 434 g/mol. The number of amides is 1. The number of nitrogens with one attached hydrogen (secondary N) is 2. The summed E-state index contributed by atoms with van der Waals surface area (Å²) in [6.07, 6.45) is 0.831. The van der Waals surface area contributed by atoms with E-state index in [0.717, 1.165) is 12.0 Å². The molecule has 3 aromatic carbocycles. The third kappa shape index (κ3) is 4.32. The second kappa shape index (κ2) is 8.28. The minimum absolute atomic E-state index is 0.176. The fourth-order valence-electron chi connectivity index (χ4n) is 3.40. The first-order valence-corrected chi connectivity index (χ1v) is 11.4. The van der Waals surface area contributed by atoms with Gasteiger partial charge in [0.1, 0.15) is 11.3 Å². The Kier molecular flexibility index (Phi) is 5.52. The molecule has 0 fully saturated rings. The van der Waals surface area contributed by atoms with Crippen LogP contribution in [0.4, 0.5) is 11.4 Å². The molecule has 0 aliphatic carbocycles. The first-order chi connectivity index (χ1) is 14.9. The Labute approximate surface area is 181 Å². The number of hydrogen-bond acceptors (Lipinski definition) is 4. The molecule has 0 aliphatic rings. The standard InChI is InChI=1S/C24H22N2O4S/c1-3-17-9-12-20(13-10-17)31(28,29)26-19-11-14-22-21(15-19)23(16(2)30-22)24(27)25-18-7-5-4-6-8-18/h4-15,26H,3H2,1-2H3,(H,25,27). The first kappa shape index (κ1) is 20.7. The number of furan rings is 1. The van der Waals surface area contributed by atoms with E-state index in [1.54, 1.807) is 61.5 Å². The zero-order valence-corrected chi connectivity index (χ0v) is 18.0. The van der Waals surface area contributed by atoms with E-state index in [-0.39, 0.29) is 10.8 Å². The molecule has 0 saturated carbocycles. The molecule has 0 saturated heterocycles. The van der Waals surface area contributed by atoms with Gasteiger partial charge >= 0.3 is 0 Å². The van der Waals surface area contributed by atoms with Crippen LogP contribution in [-0.2, 0) is 16.4 Å². The zero-order chi connectivity index (χ0) is 22.0. The molecule has 0 spiro atoms. The van der Waals surface area contributed by atoms with Gasteiger partial charge in [-0.15, -0.1) is 0 Å². The Hall–Kier alpha value is -3.58. The molecule has 4 aromatic rings. The number of sulfonamides is 1. The molecule has 4 rings (SSSR count). The molecule has 7 heteroatoms. The van der Waals surface area contributed by atoms with Gasteiger partial charge in [-0.25, -0.2) is 8.42 Å². The van der Waals surface area contributed by atoms with Crippen molar-refractivity contribution in [3.05, 3.63) is 89.7 Å². The Morgan fingerprint density at radius 3 is 2.32 bits per heavy atom. The van der Waals surface area contributed by atoms with Crippen LogP contribution < -0.4 is 10.0 Å². The predicted molar refractivity (Wildman–Crippen MR) is 122 cm³/mol. The van der Waals surface area contributed by atoms with Crippen molar-refractivity contribution in [1.29, 1.82) is 0 Å². The number of carbonyl (C=O) groups is 1. The summed E-state index contributed by atoms with van der Waals surface area (Å²) >= 11 is 0. The van der Waals surface area contributed by atoms with E-state index in [0.29, 0.717) is 33.7 Å². The summed E-state index contributed by atoms with van der Waals surface area (Å²) in [5.41, 5.74) is 2.94. The molecule has 0 unspecified atom stereocenters. The minimum atomic E-state index is -3.76. The van der Waals surface area contributed by atoms with Gasteiger partial charge in [0, 0.05) is 16.8 Å². The average Bonchev–Trinajstić information content (AvgIpc) is 3.09. The summed E-state index contributed by atoms with van der Waals surface area (Å²) in [7, 11) is -3.76. The molecule has 1 heterocycles. The lowest BCUT2D eigenvalue weighted by Gasteiger charge is -2.09. The molecule has 0 bridgehead atoms. The van der Waals surface area contributed by atoms with Gasteiger partial charge in [0.2, 0.25) is 0 Å². The molecule has 1 aromatic heterocycles. The van der Waals surface area contributed by atoms with Gasteiger partial charge in [0.05, 0.1) is 10.5 Å². The predicted octanol–water partition coefficient (Wildman–Crippen LogP) is 5.36. The highest BCUT2D eigenvalue weighted by Gasteiger charge is 2.20. The third-order valence-corrected chi connectivity index (χ3v) is 6.41. The highest BCUT2D eigenvalue weighted by Crippen LogP contribution is 2.30. The summed E-state index contributed by atoms with van der Waals surface area (Å²) in [4.78, 5) is 13.1. The van der Waals surface area contributed by atoms with Crippen molar-refractivity contribution in [2.75, 3.05) is 10.0 Å². The molecule has 0 atom stereocenters. The number of fused-ring (bicyclic) bond motifs is 1. The van der Waals surface area contributed by atoms with Crippen LogP contribution in [0.5, 0.6) is 0 Å². The second-order valence-corrected chi connectivity index (χ2v) is 8.85. The van der Waals surface area contributed by atoms with Gasteiger partial charge in [-0.3, -0.25) is 9.52 Å². The van der Waals surface area contributed by atoms with Gasteiger partial charge in [-0.05, 0) is 61.4 Å². The van der Waals surface area contributed by atoms with Crippen LogP contribution >= 0.6 is 0 Å². The maximum atomic E-state index is 12.9. The Morgan fingerprint density at radius 2 is 1.65 bits per heavy atom. The van der Waals surface area contributed by atoms with Crippen LogP contribution in [0.2, 0.25) is 0 Å². The van der Waals surface area contributed by atoms with E-state index in [1.807, 2.05) is 25.1 Å². The fraction of sp³-hybridized carbons (Fsp3) is 0.125. The van der Waals surface area contributed by atoms with Gasteiger partial charge < -0.3 is 9.73 Å². The van der Waals surface area contributed by atoms with Crippen LogP contribution in [0.1, 0.15) is 28.6 Å². The van der Waals surface area contributed by atoms with Gasteiger partial charge in [0.25, 0.3) is 15.9 Å². The molecule has 0 aliphatic heterocycles. The Balaban J connectivity index is 1.65. The van der Waals surface area contributed by atoms with Gasteiger partial charge in [-0.2, -0.15) is 0 Å². The van der Waals surface area contributed by atoms with E-state index < -0.39 is 10.0 Å². The van der Waals surface area contributed by atoms with Gasteiger partial charge in [0.15, 0.2) is 0 Å². The molecule has 6 nitrogen and oxygen atoms in total. The van der Waals surface area contributed by atoms with E-state index in [9.17, 15) is 13.2 Å². The highest BCUT2D eigenvalue weighted by atomic mass is 32.2. The number of hydrogen-bond donors (Lipinski definition) is 2. The summed E-state index contributed by atoms with van der Waals surface area (Å²) < 4.78 is 33.9. The van der Waals surface area contributed by atoms with Crippen molar-refractivity contribution in [2.45, 2.75) is 25.2 Å². The lowest BCUT2D eigenvalue weighted by molar-refractivity contribution is 0.102. The third-order valence-electron chi connectivity index (χ3n) is 5.02. The molecule has 1 amide bonds. The van der Waals surface area contributed by atoms with Crippen molar-refractivity contribution < 1.29 is 17.6 Å². The molecule has 2 N–H and O–H groups in total. The van der Waals surface area contributed by atoms with Crippen molar-refractivity contribution in [2.24, 2.45) is 0 Å². The number of carbonyl (C=O) groups excluding carboxylic acids is 1. The summed E-state index contributed by atoms with van der Waals surface area (Å²) in [6.45, 7) is 3.72. The lowest BCUT2D eigenvalue weighted by Crippen LogP contribution is -2.14. The van der Waals surface area contributed by atoms with Crippen LogP contribution in [0.3, 0.4) is 0 Å². The van der Waals surface area contributed by atoms with Crippen molar-refractivity contribution in [3.8, 4) is 0 Å². The van der Waals surface area contributed by atoms with Crippen LogP contribution in [0.15, 0.2) is 82.1 Å². The SMILES string of the molecule is CCc1ccc(S(=O)(=O)Nc2ccc3oc(C)c(C(=O)Nc4ccccc4)c3c2)cc1. The van der Waals surface area contributed by atoms with Crippen LogP contribution in [0, 0.1) is 6.92 Å². The molecular formula is C24H22N2O4S. The summed E-state index contributed by atoms with van der Waals surface area (Å²) in [6, 6.07) is 20.7. The quantitative estimate of drug-likeness (QED) is 0.428. The maximum absolute atomic E-state index is 12.9. The van der Waals surface area contributed by atoms with Crippen molar-refractivity contribution in [3.63, 3.8) is 0 Å². The Morgan fingerprint density at radius 1 is 0.935 bits per heavy atom. The highest BCUT2D eigenvalue weighted by molar-refractivity contribution is 7.92. The molecular weight excluding hydrogens is 412 g/mol. The number of aryl methyl sites for hydroxylation is 2. The normalized spacial score (nSPS) is 11.4. The largest absolute Gasteiger partial charge is 0.461 e. The van der Waals surface area contributed by atoms with E-state index >= 15 is 0 Å². The number of benzene rings is 3. The average molecular weight is 435 g/mol. The van der Waals surface area contributed by atoms with E-state index in [4.69, 9.17) is 4.42 Å². The van der Waals surface area contributed by atoms with E-state index in [2.05, 4.69) is 10.0 Å². The molecule has 158 valence electrons.